The van der Waals surface area contributed by atoms with E-state index in [9.17, 15) is 0 Å². The van der Waals surface area contributed by atoms with E-state index in [-0.39, 0.29) is 113 Å². The van der Waals surface area contributed by atoms with Crippen molar-refractivity contribution >= 4 is 78.2 Å². The van der Waals surface area contributed by atoms with Gasteiger partial charge in [-0.15, -0.1) is 0 Å². The summed E-state index contributed by atoms with van der Waals surface area (Å²) in [4.78, 5) is 0. The maximum atomic E-state index is 8.38. The molecule has 0 rings (SSSR count). The van der Waals surface area contributed by atoms with E-state index in [0.717, 1.165) is 0 Å². The van der Waals surface area contributed by atoms with Gasteiger partial charge in [0.25, 0.3) is 0 Å². The van der Waals surface area contributed by atoms with E-state index in [1.807, 2.05) is 0 Å². The first kappa shape index (κ1) is 51.5. The Morgan fingerprint density at radius 2 is 1.14 bits per heavy atom. The molecule has 7 heteroatoms. The van der Waals surface area contributed by atoms with Crippen LogP contribution in [0, 0.1) is 0 Å². The number of hydrogen-bond acceptors (Lipinski definition) is 1. The van der Waals surface area contributed by atoms with E-state index in [2.05, 4.69) is 0 Å². The van der Waals surface area contributed by atoms with Crippen LogP contribution >= 0.6 is 0 Å². The standard InChI is InChI=1S/Al.Ca.Mg.2H2O.O.Zn.7H/h;;;2*1H2;;;;;;;;;/q;2*+2;;;;;;;;4*-1. The van der Waals surface area contributed by atoms with Gasteiger partial charge >= 0.3 is 82.6 Å². The van der Waals surface area contributed by atoms with Gasteiger partial charge in [-0.2, -0.15) is 0 Å². The quantitative estimate of drug-likeness (QED) is 0.391. The van der Waals surface area contributed by atoms with Crippen molar-refractivity contribution in [3.8, 4) is 0 Å². The van der Waals surface area contributed by atoms with Crippen LogP contribution < -0.4 is 0 Å². The Morgan fingerprint density at radius 1 is 1.14 bits per heavy atom. The third kappa shape index (κ3) is 50.4. The molecule has 0 atom stereocenters. The summed E-state index contributed by atoms with van der Waals surface area (Å²) < 4.78 is 8.38. The average molecular weight is 216 g/mol. The van der Waals surface area contributed by atoms with Crippen LogP contribution in [0.2, 0.25) is 0 Å². The fourth-order valence-corrected chi connectivity index (χ4v) is 0. The Balaban J connectivity index is -0.000000000139. The molecule has 0 heterocycles. The minimum absolute atomic E-state index is 0. The van der Waals surface area contributed by atoms with Crippen molar-refractivity contribution in [3.63, 3.8) is 0 Å². The molecule has 0 saturated heterocycles. The molecule has 0 saturated carbocycles. The van der Waals surface area contributed by atoms with Gasteiger partial charge in [0, 0.05) is 0 Å². The summed E-state index contributed by atoms with van der Waals surface area (Å²) in [6.07, 6.45) is 0. The monoisotopic (exact) mass is 214 g/mol. The van der Waals surface area contributed by atoms with Crippen LogP contribution in [0.4, 0.5) is 0 Å². The second kappa shape index (κ2) is 66.0. The average Bonchev–Trinajstić information content (AvgIpc) is 1.00. The second-order valence-corrected chi connectivity index (χ2v) is 0. The molecule has 0 amide bonds. The summed E-state index contributed by atoms with van der Waals surface area (Å²) >= 11 is 0.125. The van der Waals surface area contributed by atoms with Crippen molar-refractivity contribution in [1.29, 1.82) is 0 Å². The fourth-order valence-electron chi connectivity index (χ4n) is 0. The van der Waals surface area contributed by atoms with Gasteiger partial charge in [0.2, 0.25) is 0 Å². The van der Waals surface area contributed by atoms with Gasteiger partial charge in [-0.1, -0.05) is 0 Å². The van der Waals surface area contributed by atoms with Crippen molar-refractivity contribution in [1.82, 2.24) is 0 Å². The molecular weight excluding hydrogens is 205 g/mol. The van der Waals surface area contributed by atoms with Gasteiger partial charge in [-0.3, -0.25) is 0 Å². The molecule has 4 N–H and O–H groups in total. The van der Waals surface area contributed by atoms with E-state index in [1.165, 1.54) is 0 Å². The molecule has 0 spiro atoms. The van der Waals surface area contributed by atoms with Crippen LogP contribution in [0.15, 0.2) is 0 Å². The van der Waals surface area contributed by atoms with Gasteiger partial charge in [0.05, 0.1) is 0 Å². The van der Waals surface area contributed by atoms with Crippen molar-refractivity contribution < 1.29 is 38.5 Å². The first-order chi connectivity index (χ1) is 1.00. The predicted octanol–water partition coefficient (Wildman–Crippen LogP) is -3.27. The molecule has 0 aromatic heterocycles. The zero-order valence-corrected chi connectivity index (χ0v) is 10.1. The number of hydrogen-bond donors (Lipinski definition) is 0. The Kier molecular flexibility index (Phi) is 486. The van der Waals surface area contributed by atoms with Gasteiger partial charge in [0.1, 0.15) is 0 Å². The normalized spacial score (nSPS) is 0.857. The van der Waals surface area contributed by atoms with E-state index in [0.29, 0.717) is 0 Å². The maximum absolute atomic E-state index is 8.38. The molecule has 0 bridgehead atoms. The Labute approximate surface area is 115 Å². The Hall–Kier alpha value is 2.90. The van der Waals surface area contributed by atoms with Gasteiger partial charge in [0.15, 0.2) is 17.4 Å². The molecule has 0 radical (unpaired) electrons. The van der Waals surface area contributed by atoms with Crippen molar-refractivity contribution in [2.24, 2.45) is 0 Å². The van der Waals surface area contributed by atoms with Crippen molar-refractivity contribution in [2.75, 3.05) is 0 Å². The summed E-state index contributed by atoms with van der Waals surface area (Å²) in [6, 6.07) is 0. The molecule has 0 fully saturated rings. The van der Waals surface area contributed by atoms with Crippen LogP contribution in [0.1, 0.15) is 5.71 Å². The van der Waals surface area contributed by atoms with E-state index >= 15 is 0 Å². The summed E-state index contributed by atoms with van der Waals surface area (Å²) in [6.45, 7) is 0. The topological polar surface area (TPSA) is 80.1 Å². The van der Waals surface area contributed by atoms with Crippen LogP contribution in [0.3, 0.4) is 0 Å². The summed E-state index contributed by atoms with van der Waals surface area (Å²) in [7, 11) is 0. The van der Waals surface area contributed by atoms with Crippen molar-refractivity contribution in [2.45, 2.75) is 0 Å². The first-order valence-electron chi connectivity index (χ1n) is 0.289. The molecule has 0 aromatic carbocycles. The first-order valence-corrected chi connectivity index (χ1v) is 1.50. The SMILES string of the molecule is O.O.[AlH3].[Ca+2].[H-].[H-].[H-].[H-].[Mg+2].[O]=[Zn]. The van der Waals surface area contributed by atoms with E-state index in [4.69, 9.17) is 3.57 Å². The second-order valence-electron chi connectivity index (χ2n) is 0. The summed E-state index contributed by atoms with van der Waals surface area (Å²) in [5, 5.41) is 0. The molecule has 0 aliphatic rings. The van der Waals surface area contributed by atoms with Crippen LogP contribution in [-0.4, -0.2) is 89.1 Å². The molecule has 3 nitrogen and oxygen atoms in total. The molecule has 0 aromatic rings. The molecule has 38 valence electrons. The fraction of sp³-hybridized carbons (Fsp3) is 0. The third-order valence-electron chi connectivity index (χ3n) is 0. The summed E-state index contributed by atoms with van der Waals surface area (Å²) in [5.74, 6) is 0. The van der Waals surface area contributed by atoms with Gasteiger partial charge in [-0.25, -0.2) is 0 Å². The van der Waals surface area contributed by atoms with Crippen LogP contribution in [0.5, 0.6) is 0 Å². The van der Waals surface area contributed by atoms with E-state index in [1.54, 1.807) is 0 Å². The minimum atomic E-state index is 0. The Bertz CT molecular complexity index is 25.3. The zero-order chi connectivity index (χ0) is 2.00. The molecular formula is H11AlCaMgO3Zn. The van der Waals surface area contributed by atoms with Crippen LogP contribution in [-0.2, 0) is 21.8 Å². The van der Waals surface area contributed by atoms with Crippen molar-refractivity contribution in [3.05, 3.63) is 0 Å². The molecule has 0 aliphatic carbocycles. The number of rotatable bonds is 0. The molecule has 7 heavy (non-hydrogen) atoms. The van der Waals surface area contributed by atoms with Gasteiger partial charge in [-0.05, 0) is 0 Å². The summed E-state index contributed by atoms with van der Waals surface area (Å²) in [5.41, 5.74) is 0. The molecule has 0 unspecified atom stereocenters. The van der Waals surface area contributed by atoms with Gasteiger partial charge < -0.3 is 16.7 Å². The zero-order valence-electron chi connectivity index (χ0n) is 7.53. The predicted molar refractivity (Wildman–Crippen MR) is 33.8 cm³/mol. The van der Waals surface area contributed by atoms with Crippen LogP contribution in [0.25, 0.3) is 0 Å². The van der Waals surface area contributed by atoms with E-state index < -0.39 is 0 Å². The molecule has 0 aliphatic heterocycles. The Morgan fingerprint density at radius 3 is 1.14 bits per heavy atom. The third-order valence-corrected chi connectivity index (χ3v) is 0.